The van der Waals surface area contributed by atoms with Gasteiger partial charge in [0.25, 0.3) is 0 Å². The average molecular weight is 1330 g/mol. The van der Waals surface area contributed by atoms with Crippen LogP contribution in [0, 0.1) is 59.8 Å². The smallest absolute Gasteiger partial charge is 0.668 e. The number of ether oxygens (including phenoxy) is 2. The van der Waals surface area contributed by atoms with Gasteiger partial charge >= 0.3 is 16.8 Å². The van der Waals surface area contributed by atoms with Crippen LogP contribution in [-0.2, 0) is 16.8 Å². The normalized spacial score (nSPS) is 22.2. The molecule has 0 saturated heterocycles. The number of hydrogen-bond acceptors (Lipinski definition) is 6. The fourth-order valence-corrected chi connectivity index (χ4v) is 19.1. The van der Waals surface area contributed by atoms with Crippen LogP contribution in [-0.4, -0.2) is 11.4 Å². The predicted molar refractivity (Wildman–Crippen MR) is 388 cm³/mol. The molecule has 509 valence electrons. The first-order valence-corrected chi connectivity index (χ1v) is 38.6. The molecule has 14 rings (SSSR count). The summed E-state index contributed by atoms with van der Waals surface area (Å²) in [4.78, 5) is 26.7. The molecule has 96 heavy (non-hydrogen) atoms. The summed E-state index contributed by atoms with van der Waals surface area (Å²) in [6, 6.07) is 16.3. The molecule has 4 heterocycles. The second kappa shape index (κ2) is 31.0. The summed E-state index contributed by atoms with van der Waals surface area (Å²) in [5.41, 5.74) is 21.6. The van der Waals surface area contributed by atoms with Gasteiger partial charge in [-0.2, -0.15) is 21.9 Å². The molecular weight excluding hydrogens is 1220 g/mol. The minimum Gasteiger partial charge on any atom is -0.668 e. The maximum Gasteiger partial charge on any atom is 2.00 e. The van der Waals surface area contributed by atoms with E-state index in [1.54, 1.807) is 0 Å². The molecule has 0 amide bonds. The molecule has 0 bridgehead atoms. The van der Waals surface area contributed by atoms with Gasteiger partial charge in [-0.3, -0.25) is 0 Å². The van der Waals surface area contributed by atoms with Gasteiger partial charge in [0.1, 0.15) is 40.5 Å². The second-order valence-corrected chi connectivity index (χ2v) is 32.1. The topological polar surface area (TPSA) is 123 Å². The van der Waals surface area contributed by atoms with E-state index in [1.165, 1.54) is 199 Å². The molecule has 2 aromatic heterocycles. The van der Waals surface area contributed by atoms with Crippen LogP contribution in [0.1, 0.15) is 375 Å². The van der Waals surface area contributed by atoms with Crippen molar-refractivity contribution in [1.82, 2.24) is 9.97 Å². The summed E-state index contributed by atoms with van der Waals surface area (Å²) in [7, 11) is 0. The third kappa shape index (κ3) is 14.2. The van der Waals surface area contributed by atoms with E-state index in [4.69, 9.17) is 36.0 Å². The van der Waals surface area contributed by atoms with Crippen LogP contribution in [0.15, 0.2) is 74.5 Å². The van der Waals surface area contributed by atoms with Crippen molar-refractivity contribution in [2.75, 3.05) is 0 Å². The first-order valence-electron chi connectivity index (χ1n) is 38.6. The minimum atomic E-state index is 0. The zero-order valence-electron chi connectivity index (χ0n) is 59.8. The maximum absolute atomic E-state index is 10.9. The summed E-state index contributed by atoms with van der Waals surface area (Å²) in [6.07, 6.45) is 41.0. The molecule has 1 radical (unpaired) electrons. The van der Waals surface area contributed by atoms with Crippen LogP contribution < -0.4 is 19.4 Å². The van der Waals surface area contributed by atoms with Gasteiger partial charge in [-0.05, 0) is 215 Å². The van der Waals surface area contributed by atoms with Gasteiger partial charge in [-0.25, -0.2) is 14.8 Å². The Morgan fingerprint density at radius 1 is 0.490 bits per heavy atom. The van der Waals surface area contributed by atoms with Crippen molar-refractivity contribution in [2.24, 2.45) is 33.7 Å². The standard InChI is InChI=1S/C43H53N4O.C43H56N3O.Co/c1-26(2)33-21-28(24-44)22-34(27(3)4)42(33)48-43(40-35(29-13-5-6-14-29)23-37(46-40)30-15-7-8-16-30)41-38(31-17-9-10-18-31)36(25-45)39(47-41)32-19-11-12-20-32;1-26(2)33-23-28(5)24-34(27(3)4)42(33)47-43(39-35(29-15-7-8-16-29)25-36(45-39)30-17-9-10-18-30)41-37(31-19-11-12-20-31)40(44-6)38(46-41)32-21-13-14-22-32;/h21-23,26-27,29-32H,5-20H2,1-4H3;23-27,29-32H,7-22H2,1-5H3;/q2*-1;+2/b43-41+;43-39+;. The van der Waals surface area contributed by atoms with Gasteiger partial charge < -0.3 is 19.4 Å². The van der Waals surface area contributed by atoms with E-state index in [-0.39, 0.29) is 28.6 Å². The molecule has 2 aromatic carbocycles. The number of hydrogen-bond donors (Lipinski definition) is 0. The molecule has 9 nitrogen and oxygen atoms in total. The Morgan fingerprint density at radius 2 is 0.927 bits per heavy atom. The van der Waals surface area contributed by atoms with Gasteiger partial charge in [-0.15, -0.1) is 0 Å². The van der Waals surface area contributed by atoms with Crippen LogP contribution in [0.4, 0.5) is 5.69 Å². The zero-order chi connectivity index (χ0) is 66.0. The second-order valence-electron chi connectivity index (χ2n) is 32.1. The van der Waals surface area contributed by atoms with E-state index in [0.29, 0.717) is 64.7 Å². The monoisotopic (exact) mass is 1330 g/mol. The Bertz CT molecular complexity index is 3740. The van der Waals surface area contributed by atoms with Gasteiger partial charge in [0, 0.05) is 23.1 Å². The van der Waals surface area contributed by atoms with E-state index in [9.17, 15) is 10.5 Å². The van der Waals surface area contributed by atoms with Crippen LogP contribution in [0.25, 0.3) is 16.4 Å². The molecule has 8 saturated carbocycles. The molecule has 8 fully saturated rings. The molecule has 2 aliphatic heterocycles. The largest absolute Gasteiger partial charge is 2.00 e. The number of nitrogens with zero attached hydrogens (tertiary/aromatic N) is 7. The Labute approximate surface area is 587 Å². The molecule has 10 heteroatoms. The van der Waals surface area contributed by atoms with Crippen LogP contribution >= 0.6 is 0 Å². The van der Waals surface area contributed by atoms with E-state index in [1.807, 2.05) is 12.1 Å². The molecule has 10 aliphatic rings. The van der Waals surface area contributed by atoms with Crippen LogP contribution in [0.2, 0.25) is 0 Å². The van der Waals surface area contributed by atoms with Crippen molar-refractivity contribution in [3.63, 3.8) is 0 Å². The van der Waals surface area contributed by atoms with Gasteiger partial charge in [0.15, 0.2) is 5.69 Å². The van der Waals surface area contributed by atoms with Gasteiger partial charge in [-0.1, -0.05) is 204 Å². The molecule has 0 atom stereocenters. The maximum atomic E-state index is 10.9. The molecule has 0 N–H and O–H groups in total. The number of benzene rings is 2. The number of aryl methyl sites for hydroxylation is 1. The van der Waals surface area contributed by atoms with Crippen LogP contribution in [0.3, 0.4) is 0 Å². The summed E-state index contributed by atoms with van der Waals surface area (Å²) < 4.78 is 15.1. The number of aliphatic imine (C=N–C) groups is 2. The van der Waals surface area contributed by atoms with Crippen molar-refractivity contribution < 1.29 is 26.3 Å². The molecule has 4 aromatic rings. The summed E-state index contributed by atoms with van der Waals surface area (Å²) >= 11 is 0. The van der Waals surface area contributed by atoms with Crippen molar-refractivity contribution in [3.8, 4) is 23.6 Å². The van der Waals surface area contributed by atoms with Crippen molar-refractivity contribution in [3.05, 3.63) is 143 Å². The van der Waals surface area contributed by atoms with Crippen molar-refractivity contribution in [1.29, 1.82) is 10.5 Å². The summed E-state index contributed by atoms with van der Waals surface area (Å²) in [5, 5.41) is 20.9. The first-order chi connectivity index (χ1) is 46.2. The Morgan fingerprint density at radius 3 is 1.42 bits per heavy atom. The molecular formula is C86H109CoN7O2. The van der Waals surface area contributed by atoms with E-state index >= 15 is 0 Å². The van der Waals surface area contributed by atoms with Gasteiger partial charge in [0.05, 0.1) is 29.5 Å². The molecule has 8 aliphatic carbocycles. The Kier molecular flexibility index (Phi) is 22.5. The SMILES string of the molecule is CC(C)c1cc(C#N)cc(C(C)C)c1O/C(=C1/N=C(C2CCCC2)C(C#N)=C1C1CCCC1)c1[n-]c(C2CCCC2)cc1C1CCCC1.[C-]#[N+]c1c(C2CCCC2)[n-]c(/C(Oc2c(C(C)C)cc(C)cc2C(C)C)=C2\N=C(C3CCCC3)C=C2C2CCCC2)c1C1CCCC1.[Co+2]. The Hall–Kier alpha value is -6.12. The zero-order valence-corrected chi connectivity index (χ0v) is 60.8. The number of nitriles is 2. The first kappa shape index (κ1) is 69.8. The average Bonchev–Trinajstić information content (AvgIpc) is 1.58. The summed E-state index contributed by atoms with van der Waals surface area (Å²) in [6.45, 7) is 28.7. The minimum absolute atomic E-state index is 0. The third-order valence-electron chi connectivity index (χ3n) is 24.3. The quantitative estimate of drug-likeness (QED) is 0.0722. The number of allylic oxidation sites excluding steroid dienone is 4. The fraction of sp³-hybridized carbons (Fsp3) is 0.616. The third-order valence-corrected chi connectivity index (χ3v) is 24.3. The molecule has 0 spiro atoms. The molecule has 0 unspecified atom stereocenters. The number of aromatic nitrogens is 2. The van der Waals surface area contributed by atoms with Crippen molar-refractivity contribution >= 4 is 28.6 Å². The predicted octanol–water partition coefficient (Wildman–Crippen LogP) is 24.1. The van der Waals surface area contributed by atoms with E-state index in [0.717, 1.165) is 137 Å². The number of rotatable bonds is 18. The fourth-order valence-electron chi connectivity index (χ4n) is 19.1. The van der Waals surface area contributed by atoms with E-state index < -0.39 is 0 Å². The Balaban J connectivity index is 0.000000182. The van der Waals surface area contributed by atoms with Gasteiger partial charge in [0.2, 0.25) is 0 Å². The summed E-state index contributed by atoms with van der Waals surface area (Å²) in [5.74, 6) is 7.79. The van der Waals surface area contributed by atoms with E-state index in [2.05, 4.69) is 104 Å². The van der Waals surface area contributed by atoms with Crippen LogP contribution in [0.5, 0.6) is 11.5 Å². The van der Waals surface area contributed by atoms with Crippen molar-refractivity contribution in [2.45, 2.75) is 315 Å².